The molecule has 0 radical (unpaired) electrons. The van der Waals surface area contributed by atoms with Crippen LogP contribution in [0, 0.1) is 0 Å². The summed E-state index contributed by atoms with van der Waals surface area (Å²) in [5, 5.41) is 2.87. The van der Waals surface area contributed by atoms with Gasteiger partial charge in [-0.05, 0) is 7.05 Å². The number of hydrogen-bond donors (Lipinski definition) is 1. The topological polar surface area (TPSA) is 38.3 Å². The van der Waals surface area contributed by atoms with E-state index < -0.39 is 0 Å². The molecule has 0 bridgehead atoms. The first-order valence-corrected chi connectivity index (χ1v) is 2.56. The van der Waals surface area contributed by atoms with Crippen LogP contribution in [0.4, 0.5) is 0 Å². The fourth-order valence-corrected chi connectivity index (χ4v) is 0.593. The molecule has 1 heterocycles. The second kappa shape index (κ2) is 1.84. The number of rotatable bonds is 2. The SMILES string of the molecule is CNC1(C=O)COC1. The summed E-state index contributed by atoms with van der Waals surface area (Å²) in [6.07, 6.45) is 0.899. The highest BCUT2D eigenvalue weighted by Crippen LogP contribution is 2.11. The molecule has 1 N–H and O–H groups in total. The zero-order chi connectivity index (χ0) is 6.04. The Kier molecular flexibility index (Phi) is 1.31. The Morgan fingerprint density at radius 2 is 2.38 bits per heavy atom. The van der Waals surface area contributed by atoms with Crippen molar-refractivity contribution >= 4 is 6.29 Å². The van der Waals surface area contributed by atoms with Gasteiger partial charge in [-0.2, -0.15) is 0 Å². The Bertz CT molecular complexity index is 93.1. The fourth-order valence-electron chi connectivity index (χ4n) is 0.593. The maximum atomic E-state index is 10.2. The average Bonchev–Trinajstić information content (AvgIpc) is 1.67. The lowest BCUT2D eigenvalue weighted by molar-refractivity contribution is -0.132. The van der Waals surface area contributed by atoms with Crippen molar-refractivity contribution in [2.75, 3.05) is 20.3 Å². The van der Waals surface area contributed by atoms with Gasteiger partial charge in [0.1, 0.15) is 11.8 Å². The first-order valence-electron chi connectivity index (χ1n) is 2.56. The predicted octanol–water partition coefficient (Wildman–Crippen LogP) is -0.826. The van der Waals surface area contributed by atoms with E-state index in [9.17, 15) is 4.79 Å². The maximum absolute atomic E-state index is 10.2. The zero-order valence-electron chi connectivity index (χ0n) is 4.81. The van der Waals surface area contributed by atoms with E-state index in [4.69, 9.17) is 4.74 Å². The van der Waals surface area contributed by atoms with Gasteiger partial charge in [0.05, 0.1) is 13.2 Å². The summed E-state index contributed by atoms with van der Waals surface area (Å²) in [4.78, 5) is 10.2. The lowest BCUT2D eigenvalue weighted by Crippen LogP contribution is -2.60. The van der Waals surface area contributed by atoms with Gasteiger partial charge < -0.3 is 14.8 Å². The van der Waals surface area contributed by atoms with Crippen LogP contribution in [-0.4, -0.2) is 32.1 Å². The number of hydrogen-bond acceptors (Lipinski definition) is 3. The number of aldehydes is 1. The highest BCUT2D eigenvalue weighted by Gasteiger charge is 2.36. The van der Waals surface area contributed by atoms with E-state index in [2.05, 4.69) is 5.32 Å². The second-order valence-electron chi connectivity index (χ2n) is 2.02. The largest absolute Gasteiger partial charge is 0.376 e. The highest BCUT2D eigenvalue weighted by molar-refractivity contribution is 5.66. The van der Waals surface area contributed by atoms with E-state index in [1.807, 2.05) is 0 Å². The van der Waals surface area contributed by atoms with Crippen LogP contribution in [0.15, 0.2) is 0 Å². The first kappa shape index (κ1) is 5.72. The van der Waals surface area contributed by atoms with Crippen molar-refractivity contribution < 1.29 is 9.53 Å². The van der Waals surface area contributed by atoms with Crippen molar-refractivity contribution in [1.29, 1.82) is 0 Å². The average molecular weight is 115 g/mol. The Labute approximate surface area is 48.0 Å². The second-order valence-corrected chi connectivity index (χ2v) is 2.02. The minimum Gasteiger partial charge on any atom is -0.376 e. The minimum absolute atomic E-state index is 0.347. The van der Waals surface area contributed by atoms with Crippen LogP contribution in [0.5, 0.6) is 0 Å². The number of nitrogens with one attached hydrogen (secondary N) is 1. The Morgan fingerprint density at radius 3 is 2.38 bits per heavy atom. The van der Waals surface area contributed by atoms with Gasteiger partial charge in [-0.1, -0.05) is 0 Å². The monoisotopic (exact) mass is 115 g/mol. The van der Waals surface area contributed by atoms with Gasteiger partial charge in [0.15, 0.2) is 0 Å². The van der Waals surface area contributed by atoms with E-state index in [1.165, 1.54) is 0 Å². The highest BCUT2D eigenvalue weighted by atomic mass is 16.5. The molecule has 8 heavy (non-hydrogen) atoms. The van der Waals surface area contributed by atoms with E-state index in [0.717, 1.165) is 6.29 Å². The number of carbonyl (C=O) groups excluding carboxylic acids is 1. The van der Waals surface area contributed by atoms with Gasteiger partial charge in [-0.25, -0.2) is 0 Å². The third kappa shape index (κ3) is 0.638. The lowest BCUT2D eigenvalue weighted by Gasteiger charge is -2.35. The van der Waals surface area contributed by atoms with E-state index in [1.54, 1.807) is 7.05 Å². The van der Waals surface area contributed by atoms with Gasteiger partial charge >= 0.3 is 0 Å². The molecule has 46 valence electrons. The molecule has 3 heteroatoms. The molecule has 0 saturated carbocycles. The van der Waals surface area contributed by atoms with Crippen LogP contribution in [0.2, 0.25) is 0 Å². The summed E-state index contributed by atoms with van der Waals surface area (Å²) >= 11 is 0. The van der Waals surface area contributed by atoms with E-state index >= 15 is 0 Å². The molecule has 0 aromatic rings. The Morgan fingerprint density at radius 1 is 1.75 bits per heavy atom. The van der Waals surface area contributed by atoms with Gasteiger partial charge in [0, 0.05) is 0 Å². The molecule has 0 spiro atoms. The Balaban J connectivity index is 2.45. The first-order chi connectivity index (χ1) is 3.83. The van der Waals surface area contributed by atoms with Gasteiger partial charge in [-0.3, -0.25) is 0 Å². The maximum Gasteiger partial charge on any atom is 0.144 e. The third-order valence-corrected chi connectivity index (χ3v) is 1.44. The molecule has 0 aromatic heterocycles. The molecule has 0 aromatic carbocycles. The summed E-state index contributed by atoms with van der Waals surface area (Å²) in [5.41, 5.74) is -0.347. The molecule has 1 aliphatic heterocycles. The van der Waals surface area contributed by atoms with Gasteiger partial charge in [0.2, 0.25) is 0 Å². The molecular weight excluding hydrogens is 106 g/mol. The van der Waals surface area contributed by atoms with Crippen LogP contribution in [0.1, 0.15) is 0 Å². The summed E-state index contributed by atoms with van der Waals surface area (Å²) in [6, 6.07) is 0. The predicted molar refractivity (Wildman–Crippen MR) is 28.7 cm³/mol. The molecule has 0 amide bonds. The molecule has 3 nitrogen and oxygen atoms in total. The molecule has 1 rings (SSSR count). The van der Waals surface area contributed by atoms with Crippen LogP contribution in [0.25, 0.3) is 0 Å². The van der Waals surface area contributed by atoms with Crippen LogP contribution in [-0.2, 0) is 9.53 Å². The quantitative estimate of drug-likeness (QED) is 0.477. The van der Waals surface area contributed by atoms with Crippen LogP contribution < -0.4 is 5.32 Å². The minimum atomic E-state index is -0.347. The van der Waals surface area contributed by atoms with Gasteiger partial charge in [0.25, 0.3) is 0 Å². The van der Waals surface area contributed by atoms with E-state index in [0.29, 0.717) is 13.2 Å². The summed E-state index contributed by atoms with van der Waals surface area (Å²) in [5.74, 6) is 0. The van der Waals surface area contributed by atoms with Crippen molar-refractivity contribution in [3.63, 3.8) is 0 Å². The molecule has 1 fully saturated rings. The molecule has 1 aliphatic rings. The van der Waals surface area contributed by atoms with E-state index in [-0.39, 0.29) is 5.54 Å². The van der Waals surface area contributed by atoms with Gasteiger partial charge in [-0.15, -0.1) is 0 Å². The number of likely N-dealkylation sites (N-methyl/N-ethyl adjacent to an activating group) is 1. The summed E-state index contributed by atoms with van der Waals surface area (Å²) < 4.78 is 4.83. The third-order valence-electron chi connectivity index (χ3n) is 1.44. The summed E-state index contributed by atoms with van der Waals surface area (Å²) in [7, 11) is 1.76. The molecule has 0 atom stereocenters. The van der Waals surface area contributed by atoms with Crippen molar-refractivity contribution in [3.8, 4) is 0 Å². The fraction of sp³-hybridized carbons (Fsp3) is 0.800. The normalized spacial score (nSPS) is 24.1. The standard InChI is InChI=1S/C5H9NO2/c1-6-5(2-7)3-8-4-5/h2,6H,3-4H2,1H3. The van der Waals surface area contributed by atoms with Crippen LogP contribution >= 0.6 is 0 Å². The summed E-state index contributed by atoms with van der Waals surface area (Å²) in [6.45, 7) is 1.04. The van der Waals surface area contributed by atoms with Crippen LogP contribution in [0.3, 0.4) is 0 Å². The smallest absolute Gasteiger partial charge is 0.144 e. The van der Waals surface area contributed by atoms with Crippen molar-refractivity contribution in [2.45, 2.75) is 5.54 Å². The molecule has 0 aliphatic carbocycles. The molecule has 0 unspecified atom stereocenters. The molecule has 1 saturated heterocycles. The number of ether oxygens (including phenoxy) is 1. The zero-order valence-corrected chi connectivity index (χ0v) is 4.81. The Hall–Kier alpha value is -0.410. The number of carbonyl (C=O) groups is 1. The van der Waals surface area contributed by atoms with Crippen molar-refractivity contribution in [1.82, 2.24) is 5.32 Å². The molecular formula is C5H9NO2. The van der Waals surface area contributed by atoms with Crippen molar-refractivity contribution in [3.05, 3.63) is 0 Å². The van der Waals surface area contributed by atoms with Crippen molar-refractivity contribution in [2.24, 2.45) is 0 Å². The lowest BCUT2D eigenvalue weighted by atomic mass is 10.0.